The smallest absolute Gasteiger partial charge is 0.294 e. The largest absolute Gasteiger partial charge is 0.300 e. The lowest BCUT2D eigenvalue weighted by Gasteiger charge is -2.06. The van der Waals surface area contributed by atoms with Crippen LogP contribution in [0.25, 0.3) is 5.69 Å². The molecule has 0 bridgehead atoms. The maximum absolute atomic E-state index is 12.6. The average molecular weight is 405 g/mol. The van der Waals surface area contributed by atoms with E-state index < -0.39 is 10.8 Å². The number of hydrogen-bond donors (Lipinski definition) is 1. The lowest BCUT2D eigenvalue weighted by Crippen LogP contribution is -2.12. The number of nitrogens with one attached hydrogen (secondary N) is 1. The molecule has 0 saturated carbocycles. The summed E-state index contributed by atoms with van der Waals surface area (Å²) < 4.78 is 1.52. The number of benzene rings is 2. The Balaban J connectivity index is 1.51. The zero-order valence-corrected chi connectivity index (χ0v) is 15.9. The van der Waals surface area contributed by atoms with E-state index >= 15 is 0 Å². The van der Waals surface area contributed by atoms with Crippen LogP contribution in [0.2, 0.25) is 0 Å². The monoisotopic (exact) mass is 405 g/mol. The van der Waals surface area contributed by atoms with Crippen LogP contribution in [-0.2, 0) is 6.42 Å². The molecule has 1 N–H and O–H groups in total. The lowest BCUT2D eigenvalue weighted by molar-refractivity contribution is -0.384. The van der Waals surface area contributed by atoms with Crippen LogP contribution in [0.3, 0.4) is 0 Å². The predicted octanol–water partition coefficient (Wildman–Crippen LogP) is 4.08. The molecule has 2 aromatic carbocycles. The number of nitro benzene ring substituents is 1. The van der Waals surface area contributed by atoms with Crippen molar-refractivity contribution in [2.45, 2.75) is 6.42 Å². The summed E-state index contributed by atoms with van der Waals surface area (Å²) in [5.74, 6) is -0.453. The second-order valence-electron chi connectivity index (χ2n) is 6.18. The number of carbonyl (C=O) groups is 1. The molecule has 0 atom stereocenters. The van der Waals surface area contributed by atoms with Gasteiger partial charge in [-0.15, -0.1) is 11.3 Å². The van der Waals surface area contributed by atoms with Gasteiger partial charge in [-0.2, -0.15) is 0 Å². The van der Waals surface area contributed by atoms with Gasteiger partial charge in [0.15, 0.2) is 5.13 Å². The molecule has 4 rings (SSSR count). The van der Waals surface area contributed by atoms with Crippen molar-refractivity contribution < 1.29 is 9.72 Å². The van der Waals surface area contributed by atoms with Crippen molar-refractivity contribution in [2.24, 2.45) is 0 Å². The first-order valence-electron chi connectivity index (χ1n) is 8.67. The fourth-order valence-electron chi connectivity index (χ4n) is 2.84. The number of nitro groups is 1. The normalized spacial score (nSPS) is 10.6. The Morgan fingerprint density at radius 2 is 2.03 bits per heavy atom. The summed E-state index contributed by atoms with van der Waals surface area (Å²) in [6.07, 6.45) is 7.04. The Morgan fingerprint density at radius 1 is 1.21 bits per heavy atom. The zero-order valence-electron chi connectivity index (χ0n) is 15.1. The summed E-state index contributed by atoms with van der Waals surface area (Å²) in [5, 5.41) is 14.6. The first kappa shape index (κ1) is 18.5. The number of imidazole rings is 1. The summed E-state index contributed by atoms with van der Waals surface area (Å²) in [4.78, 5) is 32.6. The molecule has 0 spiro atoms. The van der Waals surface area contributed by atoms with Crippen LogP contribution in [-0.4, -0.2) is 25.4 Å². The fraction of sp³-hybridized carbons (Fsp3) is 0.0500. The van der Waals surface area contributed by atoms with Crippen molar-refractivity contribution in [3.05, 3.63) is 99.6 Å². The third-order valence-electron chi connectivity index (χ3n) is 4.21. The third-order valence-corrected chi connectivity index (χ3v) is 5.12. The number of nitrogens with zero attached hydrogens (tertiary/aromatic N) is 4. The van der Waals surface area contributed by atoms with Crippen LogP contribution < -0.4 is 5.32 Å². The van der Waals surface area contributed by atoms with E-state index in [0.29, 0.717) is 10.8 Å². The molecule has 0 radical (unpaired) electrons. The quantitative estimate of drug-likeness (QED) is 0.385. The minimum Gasteiger partial charge on any atom is -0.300 e. The van der Waals surface area contributed by atoms with Crippen molar-refractivity contribution in [2.75, 3.05) is 5.32 Å². The van der Waals surface area contributed by atoms with Gasteiger partial charge >= 0.3 is 0 Å². The van der Waals surface area contributed by atoms with Crippen molar-refractivity contribution in [1.29, 1.82) is 0 Å². The van der Waals surface area contributed by atoms with Crippen molar-refractivity contribution in [3.63, 3.8) is 0 Å². The van der Waals surface area contributed by atoms with Crippen molar-refractivity contribution in [1.82, 2.24) is 14.5 Å². The van der Waals surface area contributed by atoms with Crippen LogP contribution in [0, 0.1) is 10.1 Å². The summed E-state index contributed by atoms with van der Waals surface area (Å²) >= 11 is 1.37. The molecule has 144 valence electrons. The standard InChI is InChI=1S/C20H15N5O3S/c26-19(23-20-22-12-16(29-20)10-14-4-2-1-3-5-14)15-6-7-17(18(11-15)25(27)28)24-9-8-21-13-24/h1-9,11-13H,10H2,(H,22,23,26). The topological polar surface area (TPSA) is 103 Å². The van der Waals surface area contributed by atoms with Crippen LogP contribution in [0.15, 0.2) is 73.4 Å². The lowest BCUT2D eigenvalue weighted by atomic mass is 10.1. The van der Waals surface area contributed by atoms with E-state index in [0.717, 1.165) is 16.9 Å². The van der Waals surface area contributed by atoms with Gasteiger partial charge < -0.3 is 4.57 Å². The first-order valence-corrected chi connectivity index (χ1v) is 9.48. The van der Waals surface area contributed by atoms with E-state index in [4.69, 9.17) is 0 Å². The molecule has 0 aliphatic heterocycles. The molecular weight excluding hydrogens is 390 g/mol. The molecule has 0 unspecified atom stereocenters. The molecule has 29 heavy (non-hydrogen) atoms. The van der Waals surface area contributed by atoms with Gasteiger partial charge in [0.25, 0.3) is 11.6 Å². The third kappa shape index (κ3) is 4.19. The van der Waals surface area contributed by atoms with E-state index in [1.165, 1.54) is 46.6 Å². The molecule has 1 amide bonds. The van der Waals surface area contributed by atoms with Gasteiger partial charge in [0.1, 0.15) is 5.69 Å². The second kappa shape index (κ2) is 8.03. The zero-order chi connectivity index (χ0) is 20.2. The van der Waals surface area contributed by atoms with Crippen molar-refractivity contribution in [3.8, 4) is 5.69 Å². The van der Waals surface area contributed by atoms with Gasteiger partial charge in [0.2, 0.25) is 0 Å². The van der Waals surface area contributed by atoms with Gasteiger partial charge in [-0.1, -0.05) is 30.3 Å². The highest BCUT2D eigenvalue weighted by Crippen LogP contribution is 2.26. The van der Waals surface area contributed by atoms with Gasteiger partial charge in [-0.3, -0.25) is 20.2 Å². The average Bonchev–Trinajstić information content (AvgIpc) is 3.40. The van der Waals surface area contributed by atoms with Gasteiger partial charge in [0, 0.05) is 41.5 Å². The maximum atomic E-state index is 12.6. The van der Waals surface area contributed by atoms with E-state index in [1.807, 2.05) is 30.3 Å². The van der Waals surface area contributed by atoms with Crippen LogP contribution in [0.4, 0.5) is 10.8 Å². The van der Waals surface area contributed by atoms with Crippen LogP contribution in [0.1, 0.15) is 20.8 Å². The summed E-state index contributed by atoms with van der Waals surface area (Å²) in [7, 11) is 0. The molecule has 0 aliphatic carbocycles. The first-order chi connectivity index (χ1) is 14.1. The van der Waals surface area contributed by atoms with E-state index in [9.17, 15) is 14.9 Å². The number of rotatable bonds is 6. The van der Waals surface area contributed by atoms with E-state index in [-0.39, 0.29) is 11.3 Å². The Labute approximate surface area is 169 Å². The molecule has 9 heteroatoms. The minimum atomic E-state index is -0.520. The van der Waals surface area contributed by atoms with Crippen LogP contribution >= 0.6 is 11.3 Å². The van der Waals surface area contributed by atoms with Crippen LogP contribution in [0.5, 0.6) is 0 Å². The molecule has 2 aromatic heterocycles. The highest BCUT2D eigenvalue weighted by molar-refractivity contribution is 7.15. The molecule has 0 saturated heterocycles. The fourth-order valence-corrected chi connectivity index (χ4v) is 3.69. The van der Waals surface area contributed by atoms with Gasteiger partial charge in [-0.05, 0) is 17.7 Å². The second-order valence-corrected chi connectivity index (χ2v) is 7.29. The molecule has 0 aliphatic rings. The highest BCUT2D eigenvalue weighted by Gasteiger charge is 2.19. The van der Waals surface area contributed by atoms with Crippen molar-refractivity contribution >= 4 is 28.1 Å². The van der Waals surface area contributed by atoms with Gasteiger partial charge in [-0.25, -0.2) is 9.97 Å². The minimum absolute atomic E-state index is 0.181. The Kier molecular flexibility index (Phi) is 5.12. The summed E-state index contributed by atoms with van der Waals surface area (Å²) in [5.41, 5.74) is 1.49. The summed E-state index contributed by atoms with van der Waals surface area (Å²) in [6, 6.07) is 14.3. The van der Waals surface area contributed by atoms with E-state index in [1.54, 1.807) is 12.4 Å². The number of thiazole rings is 1. The Hall–Kier alpha value is -3.85. The molecular formula is C20H15N5O3S. The molecule has 2 heterocycles. The molecule has 8 nitrogen and oxygen atoms in total. The predicted molar refractivity (Wildman–Crippen MR) is 110 cm³/mol. The number of aromatic nitrogens is 3. The van der Waals surface area contributed by atoms with Gasteiger partial charge in [0.05, 0.1) is 11.3 Å². The number of anilines is 1. The number of carbonyl (C=O) groups excluding carboxylic acids is 1. The number of amides is 1. The maximum Gasteiger partial charge on any atom is 0.294 e. The number of hydrogen-bond acceptors (Lipinski definition) is 6. The Morgan fingerprint density at radius 3 is 2.76 bits per heavy atom. The van der Waals surface area contributed by atoms with E-state index in [2.05, 4.69) is 15.3 Å². The summed E-state index contributed by atoms with van der Waals surface area (Å²) in [6.45, 7) is 0. The SMILES string of the molecule is O=C(Nc1ncc(Cc2ccccc2)s1)c1ccc(-n2ccnc2)c([N+](=O)[O-])c1. The Bertz CT molecular complexity index is 1160. The highest BCUT2D eigenvalue weighted by atomic mass is 32.1. The molecule has 0 fully saturated rings. The molecule has 4 aromatic rings.